The van der Waals surface area contributed by atoms with E-state index < -0.39 is 5.60 Å². The number of piperidine rings is 1. The van der Waals surface area contributed by atoms with Gasteiger partial charge in [-0.2, -0.15) is 0 Å². The van der Waals surface area contributed by atoms with Crippen LogP contribution in [0.5, 0.6) is 0 Å². The zero-order valence-electron chi connectivity index (χ0n) is 15.4. The normalized spacial score (nSPS) is 18.1. The van der Waals surface area contributed by atoms with E-state index in [0.29, 0.717) is 5.92 Å². The minimum atomic E-state index is -0.659. The molecule has 3 rings (SSSR count). The Morgan fingerprint density at radius 2 is 1.64 bits per heavy atom. The standard InChI is InChI=1S/C23H29NO/c1-19(2)21-12-10-20(11-13-21)7-6-16-24-17-14-23(25,15-18-24)22-8-4-3-5-9-22/h3-13,19,25H,14-18H2,1-2H3. The second kappa shape index (κ2) is 7.99. The Morgan fingerprint density at radius 3 is 2.24 bits per heavy atom. The van der Waals surface area contributed by atoms with Crippen LogP contribution in [0.25, 0.3) is 6.08 Å². The zero-order valence-corrected chi connectivity index (χ0v) is 15.4. The molecule has 1 aliphatic heterocycles. The Bertz CT molecular complexity index is 680. The smallest absolute Gasteiger partial charge is 0.0920 e. The molecule has 1 N–H and O–H groups in total. The lowest BCUT2D eigenvalue weighted by molar-refractivity contribution is -0.0233. The molecular formula is C23H29NO. The highest BCUT2D eigenvalue weighted by molar-refractivity contribution is 5.50. The molecule has 25 heavy (non-hydrogen) atoms. The van der Waals surface area contributed by atoms with Crippen molar-refractivity contribution in [3.05, 3.63) is 77.4 Å². The molecule has 0 spiro atoms. The van der Waals surface area contributed by atoms with Crippen molar-refractivity contribution in [2.45, 2.75) is 38.2 Å². The maximum atomic E-state index is 10.9. The molecule has 2 aromatic carbocycles. The van der Waals surface area contributed by atoms with Crippen LogP contribution >= 0.6 is 0 Å². The summed E-state index contributed by atoms with van der Waals surface area (Å²) in [4.78, 5) is 2.41. The quantitative estimate of drug-likeness (QED) is 0.848. The zero-order chi connectivity index (χ0) is 17.7. The Morgan fingerprint density at radius 1 is 1.00 bits per heavy atom. The van der Waals surface area contributed by atoms with Gasteiger partial charge in [0.2, 0.25) is 0 Å². The molecule has 2 nitrogen and oxygen atoms in total. The molecule has 1 heterocycles. The molecule has 1 saturated heterocycles. The van der Waals surface area contributed by atoms with Crippen LogP contribution in [-0.2, 0) is 5.60 Å². The molecule has 2 aromatic rings. The number of hydrogen-bond acceptors (Lipinski definition) is 2. The van der Waals surface area contributed by atoms with E-state index in [4.69, 9.17) is 0 Å². The van der Waals surface area contributed by atoms with Crippen molar-refractivity contribution in [3.8, 4) is 0 Å². The van der Waals surface area contributed by atoms with Gasteiger partial charge in [0.05, 0.1) is 5.60 Å². The van der Waals surface area contributed by atoms with E-state index in [2.05, 4.69) is 55.2 Å². The summed E-state index contributed by atoms with van der Waals surface area (Å²) < 4.78 is 0. The van der Waals surface area contributed by atoms with E-state index in [-0.39, 0.29) is 0 Å². The van der Waals surface area contributed by atoms with Crippen molar-refractivity contribution < 1.29 is 5.11 Å². The van der Waals surface area contributed by atoms with Crippen molar-refractivity contribution in [2.75, 3.05) is 19.6 Å². The number of hydrogen-bond donors (Lipinski definition) is 1. The van der Waals surface area contributed by atoms with E-state index in [9.17, 15) is 5.11 Å². The third-order valence-electron chi connectivity index (χ3n) is 5.27. The minimum absolute atomic E-state index is 0.578. The Labute approximate surface area is 151 Å². The monoisotopic (exact) mass is 335 g/mol. The van der Waals surface area contributed by atoms with Crippen LogP contribution in [0, 0.1) is 0 Å². The first-order valence-corrected chi connectivity index (χ1v) is 9.34. The number of rotatable bonds is 5. The van der Waals surface area contributed by atoms with Gasteiger partial charge in [-0.05, 0) is 35.4 Å². The first kappa shape index (κ1) is 17.9. The van der Waals surface area contributed by atoms with Crippen LogP contribution in [0.2, 0.25) is 0 Å². The number of aliphatic hydroxyl groups is 1. The lowest BCUT2D eigenvalue weighted by atomic mass is 9.84. The first-order valence-electron chi connectivity index (χ1n) is 9.34. The Hall–Kier alpha value is -1.90. The lowest BCUT2D eigenvalue weighted by Crippen LogP contribution is -2.42. The topological polar surface area (TPSA) is 23.5 Å². The van der Waals surface area contributed by atoms with Gasteiger partial charge in [-0.25, -0.2) is 0 Å². The maximum Gasteiger partial charge on any atom is 0.0920 e. The summed E-state index contributed by atoms with van der Waals surface area (Å²) in [6.07, 6.45) is 6.03. The van der Waals surface area contributed by atoms with E-state index in [1.54, 1.807) is 0 Å². The second-order valence-corrected chi connectivity index (χ2v) is 7.42. The number of likely N-dealkylation sites (tertiary alicyclic amines) is 1. The average molecular weight is 335 g/mol. The summed E-state index contributed by atoms with van der Waals surface area (Å²) in [5, 5.41) is 10.9. The third-order valence-corrected chi connectivity index (χ3v) is 5.27. The highest BCUT2D eigenvalue weighted by Gasteiger charge is 2.33. The Kier molecular flexibility index (Phi) is 5.72. The molecule has 0 unspecified atom stereocenters. The summed E-state index contributed by atoms with van der Waals surface area (Å²) in [7, 11) is 0. The maximum absolute atomic E-state index is 10.9. The van der Waals surface area contributed by atoms with Gasteiger partial charge in [-0.15, -0.1) is 0 Å². The predicted molar refractivity (Wildman–Crippen MR) is 106 cm³/mol. The molecule has 1 aliphatic rings. The van der Waals surface area contributed by atoms with Crippen LogP contribution in [0.3, 0.4) is 0 Å². The van der Waals surface area contributed by atoms with Gasteiger partial charge in [-0.3, -0.25) is 4.90 Å². The summed E-state index contributed by atoms with van der Waals surface area (Å²) in [5.41, 5.74) is 3.03. The molecule has 0 bridgehead atoms. The number of benzene rings is 2. The molecule has 0 radical (unpaired) electrons. The van der Waals surface area contributed by atoms with E-state index in [1.165, 1.54) is 11.1 Å². The predicted octanol–water partition coefficient (Wildman–Crippen LogP) is 4.81. The van der Waals surface area contributed by atoms with Gasteiger partial charge in [0.15, 0.2) is 0 Å². The largest absolute Gasteiger partial charge is 0.385 e. The van der Waals surface area contributed by atoms with Gasteiger partial charge >= 0.3 is 0 Å². The summed E-state index contributed by atoms with van der Waals surface area (Å²) >= 11 is 0. The van der Waals surface area contributed by atoms with Gasteiger partial charge < -0.3 is 5.11 Å². The summed E-state index contributed by atoms with van der Waals surface area (Å²) in [6, 6.07) is 18.9. The highest BCUT2D eigenvalue weighted by Crippen LogP contribution is 2.32. The van der Waals surface area contributed by atoms with Gasteiger partial charge in [0, 0.05) is 19.6 Å². The van der Waals surface area contributed by atoms with Crippen LogP contribution < -0.4 is 0 Å². The summed E-state index contributed by atoms with van der Waals surface area (Å²) in [6.45, 7) is 7.25. The summed E-state index contributed by atoms with van der Waals surface area (Å²) in [5.74, 6) is 0.578. The van der Waals surface area contributed by atoms with Gasteiger partial charge in [0.25, 0.3) is 0 Å². The van der Waals surface area contributed by atoms with Crippen molar-refractivity contribution in [1.29, 1.82) is 0 Å². The van der Waals surface area contributed by atoms with E-state index >= 15 is 0 Å². The number of nitrogens with zero attached hydrogens (tertiary/aromatic N) is 1. The van der Waals surface area contributed by atoms with Crippen molar-refractivity contribution >= 4 is 6.08 Å². The van der Waals surface area contributed by atoms with Crippen LogP contribution in [0.4, 0.5) is 0 Å². The molecule has 1 fully saturated rings. The molecule has 0 saturated carbocycles. The molecule has 132 valence electrons. The first-order chi connectivity index (χ1) is 12.1. The molecule has 0 amide bonds. The lowest BCUT2D eigenvalue weighted by Gasteiger charge is -2.38. The molecule has 2 heteroatoms. The Balaban J connectivity index is 1.51. The molecule has 0 atom stereocenters. The van der Waals surface area contributed by atoms with Crippen molar-refractivity contribution in [3.63, 3.8) is 0 Å². The molecule has 0 aromatic heterocycles. The van der Waals surface area contributed by atoms with Crippen LogP contribution in [-0.4, -0.2) is 29.6 Å². The highest BCUT2D eigenvalue weighted by atomic mass is 16.3. The van der Waals surface area contributed by atoms with Crippen molar-refractivity contribution in [1.82, 2.24) is 4.90 Å². The SMILES string of the molecule is CC(C)c1ccc(C=CCN2CCC(O)(c3ccccc3)CC2)cc1. The van der Waals surface area contributed by atoms with Gasteiger partial charge in [-0.1, -0.05) is 80.6 Å². The van der Waals surface area contributed by atoms with Crippen LogP contribution in [0.1, 0.15) is 49.3 Å². The fourth-order valence-corrected chi connectivity index (χ4v) is 3.47. The van der Waals surface area contributed by atoms with Gasteiger partial charge in [0.1, 0.15) is 0 Å². The second-order valence-electron chi connectivity index (χ2n) is 7.42. The van der Waals surface area contributed by atoms with Crippen molar-refractivity contribution in [2.24, 2.45) is 0 Å². The van der Waals surface area contributed by atoms with Crippen LogP contribution in [0.15, 0.2) is 60.7 Å². The third kappa shape index (κ3) is 4.59. The molecular weight excluding hydrogens is 306 g/mol. The van der Waals surface area contributed by atoms with E-state index in [0.717, 1.165) is 38.0 Å². The fourth-order valence-electron chi connectivity index (χ4n) is 3.47. The van der Waals surface area contributed by atoms with E-state index in [1.807, 2.05) is 30.3 Å². The average Bonchev–Trinajstić information content (AvgIpc) is 2.65. The fraction of sp³-hybridized carbons (Fsp3) is 0.391. The minimum Gasteiger partial charge on any atom is -0.385 e. The molecule has 0 aliphatic carbocycles.